The smallest absolute Gasteiger partial charge is 0.335 e. The highest BCUT2D eigenvalue weighted by Gasteiger charge is 2.49. The van der Waals surface area contributed by atoms with Gasteiger partial charge in [-0.15, -0.1) is 0 Å². The molecule has 1 fully saturated rings. The van der Waals surface area contributed by atoms with Gasteiger partial charge in [-0.05, 0) is 60.6 Å². The van der Waals surface area contributed by atoms with E-state index >= 15 is 0 Å². The third-order valence-corrected chi connectivity index (χ3v) is 8.71. The summed E-state index contributed by atoms with van der Waals surface area (Å²) in [6.07, 6.45) is -6.96. The number of aliphatic hydroxyl groups is 3. The zero-order chi connectivity index (χ0) is 34.2. The fourth-order valence-corrected chi connectivity index (χ4v) is 5.96. The molecule has 0 aromatic heterocycles. The zero-order valence-corrected chi connectivity index (χ0v) is 27.4. The molecule has 2 aromatic rings. The maximum Gasteiger partial charge on any atom is 0.335 e. The average Bonchev–Trinajstić information content (AvgIpc) is 3.06. The van der Waals surface area contributed by atoms with E-state index in [0.717, 1.165) is 5.56 Å². The van der Waals surface area contributed by atoms with Gasteiger partial charge in [-0.3, -0.25) is 4.90 Å². The Balaban J connectivity index is 1.95. The van der Waals surface area contributed by atoms with E-state index in [0.29, 0.717) is 53.6 Å². The molecule has 0 amide bonds. The van der Waals surface area contributed by atoms with Crippen LogP contribution in [0.1, 0.15) is 37.8 Å². The van der Waals surface area contributed by atoms with Crippen LogP contribution in [0.25, 0.3) is 0 Å². The van der Waals surface area contributed by atoms with Crippen molar-refractivity contribution in [2.75, 3.05) is 48.6 Å². The number of carboxylic acids is 1. The van der Waals surface area contributed by atoms with Gasteiger partial charge in [-0.1, -0.05) is 19.9 Å². The van der Waals surface area contributed by atoms with Crippen LogP contribution < -0.4 is 23.7 Å². The molecule has 13 nitrogen and oxygen atoms in total. The van der Waals surface area contributed by atoms with Crippen molar-refractivity contribution in [3.05, 3.63) is 41.5 Å². The summed E-state index contributed by atoms with van der Waals surface area (Å²) in [5, 5.41) is 52.1. The maximum absolute atomic E-state index is 11.9. The molecule has 1 aliphatic heterocycles. The van der Waals surface area contributed by atoms with Crippen molar-refractivity contribution in [3.8, 4) is 34.8 Å². The number of aliphatic carboxylic acids is 1. The van der Waals surface area contributed by atoms with Gasteiger partial charge in [0.15, 0.2) is 29.1 Å². The van der Waals surface area contributed by atoms with Crippen LogP contribution >= 0.6 is 0 Å². The van der Waals surface area contributed by atoms with Crippen LogP contribution in [0.3, 0.4) is 0 Å². The summed E-state index contributed by atoms with van der Waals surface area (Å²) in [6, 6.07) is 11.5. The summed E-state index contributed by atoms with van der Waals surface area (Å²) >= 11 is 0. The van der Waals surface area contributed by atoms with Gasteiger partial charge in [0.05, 0.1) is 47.0 Å². The van der Waals surface area contributed by atoms with Crippen LogP contribution in [0.5, 0.6) is 28.7 Å². The van der Waals surface area contributed by atoms with E-state index in [1.807, 2.05) is 26.0 Å². The molecule has 2 unspecified atom stereocenters. The van der Waals surface area contributed by atoms with Crippen LogP contribution in [0, 0.1) is 17.2 Å². The highest BCUT2D eigenvalue weighted by Crippen LogP contribution is 2.45. The standard InChI is InChI=1S/C33H46N2O11/c1-19(2)33(18-34,21-16-24(43-5)29(45-7)25(17-21)44-6)12-8-13-35(14-11-20-9-10-22(41-3)23(15-20)42-4)31-28(38)26(36)27(37)30(46-31)32(39)40/h9-10,15-17,19,26-28,30-31,36-38H,8,11-14H2,1-7H3,(H,39,40)/t26-,27-,28+,30-,31?,33?/m0/s1. The van der Waals surface area contributed by atoms with Crippen molar-refractivity contribution in [2.24, 2.45) is 5.92 Å². The molecule has 46 heavy (non-hydrogen) atoms. The van der Waals surface area contributed by atoms with Crippen LogP contribution in [0.15, 0.2) is 30.3 Å². The molecule has 0 radical (unpaired) electrons. The van der Waals surface area contributed by atoms with Gasteiger partial charge in [0.25, 0.3) is 0 Å². The van der Waals surface area contributed by atoms with Crippen molar-refractivity contribution >= 4 is 5.97 Å². The monoisotopic (exact) mass is 646 g/mol. The molecule has 13 heteroatoms. The number of benzene rings is 2. The Labute approximate surface area is 269 Å². The summed E-state index contributed by atoms with van der Waals surface area (Å²) in [5.74, 6) is 0.719. The van der Waals surface area contributed by atoms with E-state index in [1.165, 1.54) is 35.5 Å². The van der Waals surface area contributed by atoms with Gasteiger partial charge in [-0.25, -0.2) is 4.79 Å². The number of hydrogen-bond donors (Lipinski definition) is 4. The summed E-state index contributed by atoms with van der Waals surface area (Å²) in [5.41, 5.74) is 0.553. The second-order valence-corrected chi connectivity index (χ2v) is 11.5. The minimum atomic E-state index is -1.82. The highest BCUT2D eigenvalue weighted by atomic mass is 16.6. The molecule has 0 aliphatic carbocycles. The van der Waals surface area contributed by atoms with Gasteiger partial charge in [0, 0.05) is 13.1 Å². The SMILES string of the molecule is COc1ccc(CCN(CCCC(C#N)(c2cc(OC)c(OC)c(OC)c2)C(C)C)C2O[C@H](C(=O)O)[C@@H](O)[C@H](O)[C@H]2O)cc1OC. The second kappa shape index (κ2) is 16.2. The van der Waals surface area contributed by atoms with Gasteiger partial charge in [-0.2, -0.15) is 5.26 Å². The summed E-state index contributed by atoms with van der Waals surface area (Å²) in [4.78, 5) is 13.6. The van der Waals surface area contributed by atoms with Gasteiger partial charge < -0.3 is 48.8 Å². The quantitative estimate of drug-likeness (QED) is 0.209. The molecule has 2 aromatic carbocycles. The minimum Gasteiger partial charge on any atom is -0.493 e. The normalized spacial score (nSPS) is 22.5. The van der Waals surface area contributed by atoms with E-state index < -0.39 is 42.0 Å². The molecule has 3 rings (SSSR count). The van der Waals surface area contributed by atoms with Gasteiger partial charge in [0.2, 0.25) is 5.75 Å². The lowest BCUT2D eigenvalue weighted by atomic mass is 9.69. The Bertz CT molecular complexity index is 1340. The van der Waals surface area contributed by atoms with E-state index in [9.17, 15) is 30.5 Å². The number of methoxy groups -OCH3 is 5. The van der Waals surface area contributed by atoms with Crippen LogP contribution in [-0.4, -0.2) is 111 Å². The minimum absolute atomic E-state index is 0.148. The maximum atomic E-state index is 11.9. The first kappa shape index (κ1) is 36.7. The molecular weight excluding hydrogens is 600 g/mol. The number of aliphatic hydroxyl groups excluding tert-OH is 3. The van der Waals surface area contributed by atoms with Crippen molar-refractivity contribution < 1.29 is 53.6 Å². The number of nitrogens with zero attached hydrogens (tertiary/aromatic N) is 2. The van der Waals surface area contributed by atoms with Gasteiger partial charge in [0.1, 0.15) is 24.5 Å². The lowest BCUT2D eigenvalue weighted by Crippen LogP contribution is -2.64. The summed E-state index contributed by atoms with van der Waals surface area (Å²) in [6.45, 7) is 4.43. The molecule has 4 N–H and O–H groups in total. The molecule has 1 saturated heterocycles. The number of carbonyl (C=O) groups is 1. The van der Waals surface area contributed by atoms with Crippen molar-refractivity contribution in [1.29, 1.82) is 5.26 Å². The first-order chi connectivity index (χ1) is 21.9. The van der Waals surface area contributed by atoms with Crippen LogP contribution in [-0.2, 0) is 21.4 Å². The molecule has 6 atom stereocenters. The first-order valence-electron chi connectivity index (χ1n) is 15.0. The first-order valence-corrected chi connectivity index (χ1v) is 15.0. The molecular formula is C33H46N2O11. The third-order valence-electron chi connectivity index (χ3n) is 8.71. The lowest BCUT2D eigenvalue weighted by Gasteiger charge is -2.44. The predicted molar refractivity (Wildman–Crippen MR) is 167 cm³/mol. The van der Waals surface area contributed by atoms with Crippen LogP contribution in [0.2, 0.25) is 0 Å². The predicted octanol–water partition coefficient (Wildman–Crippen LogP) is 2.36. The van der Waals surface area contributed by atoms with Crippen molar-refractivity contribution in [3.63, 3.8) is 0 Å². The van der Waals surface area contributed by atoms with E-state index in [2.05, 4.69) is 6.07 Å². The Morgan fingerprint density at radius 2 is 1.50 bits per heavy atom. The number of rotatable bonds is 16. The molecule has 0 bridgehead atoms. The Morgan fingerprint density at radius 3 is 2.00 bits per heavy atom. The Hall–Kier alpha value is -3.80. The average molecular weight is 647 g/mol. The van der Waals surface area contributed by atoms with E-state index in [-0.39, 0.29) is 19.0 Å². The fourth-order valence-electron chi connectivity index (χ4n) is 5.96. The Kier molecular flexibility index (Phi) is 12.9. The molecule has 0 spiro atoms. The number of carboxylic acid groups (broad SMARTS) is 1. The molecule has 0 saturated carbocycles. The van der Waals surface area contributed by atoms with Crippen LogP contribution in [0.4, 0.5) is 0 Å². The van der Waals surface area contributed by atoms with Gasteiger partial charge >= 0.3 is 5.97 Å². The topological polar surface area (TPSA) is 180 Å². The number of nitriles is 1. The zero-order valence-electron chi connectivity index (χ0n) is 27.4. The third kappa shape index (κ3) is 7.59. The number of hydrogen-bond acceptors (Lipinski definition) is 12. The Morgan fingerprint density at radius 1 is 0.891 bits per heavy atom. The van der Waals surface area contributed by atoms with E-state index in [1.54, 1.807) is 23.1 Å². The second-order valence-electron chi connectivity index (χ2n) is 11.5. The highest BCUT2D eigenvalue weighted by molar-refractivity contribution is 5.73. The van der Waals surface area contributed by atoms with Crippen molar-refractivity contribution in [1.82, 2.24) is 4.90 Å². The molecule has 1 aliphatic rings. The van der Waals surface area contributed by atoms with Crippen molar-refractivity contribution in [2.45, 2.75) is 69.2 Å². The largest absolute Gasteiger partial charge is 0.493 e. The number of ether oxygens (including phenoxy) is 6. The summed E-state index contributed by atoms with van der Waals surface area (Å²) < 4.78 is 33.0. The summed E-state index contributed by atoms with van der Waals surface area (Å²) in [7, 11) is 7.58. The molecule has 254 valence electrons. The molecule has 1 heterocycles. The fraction of sp³-hybridized carbons (Fsp3) is 0.576. The lowest BCUT2D eigenvalue weighted by molar-refractivity contribution is -0.259. The van der Waals surface area contributed by atoms with E-state index in [4.69, 9.17) is 28.4 Å².